The Morgan fingerprint density at radius 1 is 1.10 bits per heavy atom. The van der Waals surface area contributed by atoms with E-state index in [9.17, 15) is 15.0 Å². The van der Waals surface area contributed by atoms with E-state index in [-0.39, 0.29) is 12.5 Å². The zero-order chi connectivity index (χ0) is 26.9. The van der Waals surface area contributed by atoms with Crippen molar-refractivity contribution in [2.75, 3.05) is 16.4 Å². The predicted octanol–water partition coefficient (Wildman–Crippen LogP) is 3.01. The molecular weight excluding hydrogens is 516 g/mol. The Hall–Kier alpha value is -3.61. The second-order valence-corrected chi connectivity index (χ2v) is 11.1. The van der Waals surface area contributed by atoms with Crippen LogP contribution in [0, 0.1) is 5.92 Å². The van der Waals surface area contributed by atoms with Crippen LogP contribution in [0.2, 0.25) is 0 Å². The number of hydrogen-bond acceptors (Lipinski definition) is 10. The molecule has 2 saturated carbocycles. The number of benzene rings is 1. The third-order valence-corrected chi connectivity index (χ3v) is 8.36. The van der Waals surface area contributed by atoms with Crippen molar-refractivity contribution in [3.63, 3.8) is 0 Å². The van der Waals surface area contributed by atoms with Gasteiger partial charge in [0.05, 0.1) is 29.9 Å². The number of anilines is 2. The third-order valence-electron chi connectivity index (χ3n) is 7.31. The first kappa shape index (κ1) is 25.7. The number of rotatable bonds is 9. The minimum Gasteiger partial charge on any atom is -0.390 e. The highest BCUT2D eigenvalue weighted by molar-refractivity contribution is 7.99. The highest BCUT2D eigenvalue weighted by Crippen LogP contribution is 2.44. The number of amides is 1. The van der Waals surface area contributed by atoms with Crippen molar-refractivity contribution in [3.8, 4) is 0 Å². The van der Waals surface area contributed by atoms with E-state index in [4.69, 9.17) is 9.97 Å². The summed E-state index contributed by atoms with van der Waals surface area (Å²) in [5, 5.41) is 37.4. The number of hydrogen-bond donors (Lipinski definition) is 4. The lowest BCUT2D eigenvalue weighted by Crippen LogP contribution is -2.34. The highest BCUT2D eigenvalue weighted by atomic mass is 32.2. The fourth-order valence-corrected chi connectivity index (χ4v) is 5.87. The predicted molar refractivity (Wildman–Crippen MR) is 147 cm³/mol. The van der Waals surface area contributed by atoms with E-state index in [1.807, 2.05) is 18.2 Å². The van der Waals surface area contributed by atoms with Crippen molar-refractivity contribution in [3.05, 3.63) is 60.4 Å². The van der Waals surface area contributed by atoms with Gasteiger partial charge in [-0.3, -0.25) is 9.78 Å². The van der Waals surface area contributed by atoms with Gasteiger partial charge in [0.25, 0.3) is 0 Å². The smallest absolute Gasteiger partial charge is 0.230 e. The van der Waals surface area contributed by atoms with Gasteiger partial charge in [-0.2, -0.15) is 0 Å². The molecule has 6 rings (SSSR count). The first-order valence-electron chi connectivity index (χ1n) is 13.2. The Morgan fingerprint density at radius 2 is 1.95 bits per heavy atom. The number of aliphatic hydroxyl groups excluding tert-OH is 2. The number of fused-ring (bicyclic) bond motifs is 1. The molecule has 4 aromatic rings. The number of thioether (sulfide) groups is 1. The number of nitrogens with zero attached hydrogens (tertiary/aromatic N) is 6. The topological polar surface area (TPSA) is 151 Å². The molecule has 3 heterocycles. The molecule has 39 heavy (non-hydrogen) atoms. The largest absolute Gasteiger partial charge is 0.390 e. The summed E-state index contributed by atoms with van der Waals surface area (Å²) in [7, 11) is 0. The molecule has 0 spiro atoms. The van der Waals surface area contributed by atoms with Crippen LogP contribution in [0.1, 0.15) is 43.7 Å². The van der Waals surface area contributed by atoms with Gasteiger partial charge in [0.2, 0.25) is 5.91 Å². The van der Waals surface area contributed by atoms with E-state index in [0.29, 0.717) is 33.7 Å². The minimum atomic E-state index is -1.27. The average molecular weight is 547 g/mol. The van der Waals surface area contributed by atoms with E-state index in [1.165, 1.54) is 16.4 Å². The SMILES string of the molecule is CCCSc1nc(NC2CC2c2ccccc2)c2nnn([C@H]3C[C@@H](C(=O)Nc4cccnc4)[C@H](O)[C@@H]3O)c2n1. The normalized spacial score (nSPS) is 26.0. The first-order valence-corrected chi connectivity index (χ1v) is 14.2. The molecular formula is C27H30N8O3S. The van der Waals surface area contributed by atoms with Gasteiger partial charge >= 0.3 is 0 Å². The Kier molecular flexibility index (Phi) is 7.15. The Balaban J connectivity index is 1.27. The summed E-state index contributed by atoms with van der Waals surface area (Å²) in [6, 6.07) is 13.3. The van der Waals surface area contributed by atoms with Crippen LogP contribution in [-0.2, 0) is 4.79 Å². The maximum atomic E-state index is 13.0. The Labute approximate surface area is 229 Å². The molecule has 0 radical (unpaired) electrons. The molecule has 0 bridgehead atoms. The van der Waals surface area contributed by atoms with Crippen molar-refractivity contribution in [1.82, 2.24) is 29.9 Å². The number of aliphatic hydroxyl groups is 2. The zero-order valence-corrected chi connectivity index (χ0v) is 22.2. The summed E-state index contributed by atoms with van der Waals surface area (Å²) in [4.78, 5) is 26.4. The van der Waals surface area contributed by atoms with Gasteiger partial charge in [-0.05, 0) is 37.0 Å². The van der Waals surface area contributed by atoms with Crippen LogP contribution in [-0.4, -0.2) is 70.1 Å². The van der Waals surface area contributed by atoms with Crippen molar-refractivity contribution < 1.29 is 15.0 Å². The third kappa shape index (κ3) is 5.19. The molecule has 6 atom stereocenters. The summed E-state index contributed by atoms with van der Waals surface area (Å²) in [6.45, 7) is 2.10. The van der Waals surface area contributed by atoms with E-state index >= 15 is 0 Å². The molecule has 2 fully saturated rings. The van der Waals surface area contributed by atoms with Crippen LogP contribution in [0.5, 0.6) is 0 Å². The first-order chi connectivity index (χ1) is 19.0. The number of aromatic nitrogens is 6. The van der Waals surface area contributed by atoms with E-state index < -0.39 is 30.1 Å². The number of carbonyl (C=O) groups is 1. The number of carbonyl (C=O) groups excluding carboxylic acids is 1. The maximum absolute atomic E-state index is 13.0. The summed E-state index contributed by atoms with van der Waals surface area (Å²) in [5.41, 5.74) is 2.77. The van der Waals surface area contributed by atoms with Crippen LogP contribution in [0.3, 0.4) is 0 Å². The van der Waals surface area contributed by atoms with Gasteiger partial charge in [-0.15, -0.1) is 5.10 Å². The molecule has 3 aromatic heterocycles. The van der Waals surface area contributed by atoms with Crippen molar-refractivity contribution in [2.24, 2.45) is 5.92 Å². The van der Waals surface area contributed by atoms with Gasteiger partial charge in [-0.25, -0.2) is 14.6 Å². The summed E-state index contributed by atoms with van der Waals surface area (Å²) >= 11 is 1.54. The molecule has 2 aliphatic rings. The van der Waals surface area contributed by atoms with Crippen LogP contribution in [0.25, 0.3) is 11.2 Å². The van der Waals surface area contributed by atoms with Gasteiger partial charge in [0.1, 0.15) is 6.10 Å². The fourth-order valence-electron chi connectivity index (χ4n) is 5.17. The molecule has 1 aromatic carbocycles. The van der Waals surface area contributed by atoms with Crippen molar-refractivity contribution in [2.45, 2.75) is 61.6 Å². The highest BCUT2D eigenvalue weighted by Gasteiger charge is 2.47. The summed E-state index contributed by atoms with van der Waals surface area (Å²) in [6.07, 6.45) is 2.78. The molecule has 2 aliphatic carbocycles. The maximum Gasteiger partial charge on any atom is 0.230 e. The molecule has 11 nitrogen and oxygen atoms in total. The molecule has 0 saturated heterocycles. The molecule has 1 amide bonds. The molecule has 2 unspecified atom stereocenters. The van der Waals surface area contributed by atoms with Crippen LogP contribution < -0.4 is 10.6 Å². The Bertz CT molecular complexity index is 1450. The molecule has 12 heteroatoms. The van der Waals surface area contributed by atoms with Gasteiger partial charge in [0.15, 0.2) is 22.1 Å². The quantitative estimate of drug-likeness (QED) is 0.182. The minimum absolute atomic E-state index is 0.176. The summed E-state index contributed by atoms with van der Waals surface area (Å²) < 4.78 is 1.53. The molecule has 4 N–H and O–H groups in total. The van der Waals surface area contributed by atoms with Gasteiger partial charge in [0, 0.05) is 23.9 Å². The van der Waals surface area contributed by atoms with Crippen molar-refractivity contribution in [1.29, 1.82) is 0 Å². The molecule has 0 aliphatic heterocycles. The van der Waals surface area contributed by atoms with Crippen LogP contribution >= 0.6 is 11.8 Å². The van der Waals surface area contributed by atoms with E-state index in [1.54, 1.807) is 30.1 Å². The van der Waals surface area contributed by atoms with Crippen LogP contribution in [0.15, 0.2) is 60.0 Å². The lowest BCUT2D eigenvalue weighted by molar-refractivity contribution is -0.123. The van der Waals surface area contributed by atoms with E-state index in [0.717, 1.165) is 18.6 Å². The number of pyridine rings is 1. The van der Waals surface area contributed by atoms with Crippen LogP contribution in [0.4, 0.5) is 11.5 Å². The fraction of sp³-hybridized carbons (Fsp3) is 0.407. The Morgan fingerprint density at radius 3 is 2.72 bits per heavy atom. The van der Waals surface area contributed by atoms with Crippen molar-refractivity contribution >= 4 is 40.3 Å². The average Bonchev–Trinajstić information content (AvgIpc) is 3.50. The summed E-state index contributed by atoms with van der Waals surface area (Å²) in [5.74, 6) is 0.620. The van der Waals surface area contributed by atoms with E-state index in [2.05, 4.69) is 45.0 Å². The zero-order valence-electron chi connectivity index (χ0n) is 21.4. The molecule has 202 valence electrons. The standard InChI is InChI=1S/C27H30N8O3S/c1-2-11-39-27-31-24(30-19-12-17(19)15-7-4-3-5-8-15)21-25(32-27)35(34-33-21)20-13-18(22(36)23(20)37)26(38)29-16-9-6-10-28-14-16/h3-10,14,17-20,22-23,36-37H,2,11-13H2,1H3,(H,29,38)(H,30,31,32)/t17?,18-,19?,20+,22+,23-/m1/s1. The monoisotopic (exact) mass is 546 g/mol. The lowest BCUT2D eigenvalue weighted by atomic mass is 10.0. The second-order valence-electron chi connectivity index (χ2n) is 10.0. The lowest BCUT2D eigenvalue weighted by Gasteiger charge is -2.17. The van der Waals surface area contributed by atoms with Gasteiger partial charge in [-0.1, -0.05) is 54.2 Å². The number of nitrogens with one attached hydrogen (secondary N) is 2. The van der Waals surface area contributed by atoms with Gasteiger partial charge < -0.3 is 20.8 Å². The second kappa shape index (κ2) is 10.9.